The molecule has 0 saturated carbocycles. The van der Waals surface area contributed by atoms with Gasteiger partial charge in [-0.25, -0.2) is 0 Å². The number of pyridine rings is 2. The average Bonchev–Trinajstić information content (AvgIpc) is 3.00. The molecule has 184 valence electrons. The van der Waals surface area contributed by atoms with Gasteiger partial charge in [0, 0.05) is 31.2 Å². The van der Waals surface area contributed by atoms with E-state index in [1.54, 1.807) is 48.7 Å². The Labute approximate surface area is 208 Å². The van der Waals surface area contributed by atoms with Gasteiger partial charge in [-0.05, 0) is 53.9 Å². The van der Waals surface area contributed by atoms with Gasteiger partial charge in [0.15, 0.2) is 5.60 Å². The fourth-order valence-electron chi connectivity index (χ4n) is 3.54. The van der Waals surface area contributed by atoms with Crippen molar-refractivity contribution < 1.29 is 24.2 Å². The summed E-state index contributed by atoms with van der Waals surface area (Å²) in [6.07, 6.45) is 6.20. The maximum atomic E-state index is 11.8. The molecule has 1 saturated heterocycles. The molecule has 3 aromatic rings. The van der Waals surface area contributed by atoms with Gasteiger partial charge >= 0.3 is 0 Å². The molecule has 0 radical (unpaired) electrons. The number of carbonyl (C=O) groups is 2. The number of benzene rings is 1. The number of nitrogens with two attached hydrogens (primary N) is 1. The molecule has 0 atom stereocenters. The summed E-state index contributed by atoms with van der Waals surface area (Å²) >= 11 is 0. The standard InChI is InChI=1S/C15H15NO4.C12H11N3O/c1-16-12-8-11(4-6-15(18)9-19-10-15)2-3-13(12)20-7-5-14(16)17;13-12(16)11-7-9(3-5-15-11)6-10-2-1-4-14-8-10/h2-3,8,18H,5,7,9-10H2,1H3;1-5,7-8H,6H2,(H2,13,16). The van der Waals surface area contributed by atoms with E-state index in [0.29, 0.717) is 30.2 Å². The Bertz CT molecular complexity index is 1310. The molecular formula is C27H26N4O5. The van der Waals surface area contributed by atoms with Crippen LogP contribution in [0.1, 0.15) is 33.6 Å². The van der Waals surface area contributed by atoms with E-state index in [4.69, 9.17) is 15.2 Å². The van der Waals surface area contributed by atoms with Gasteiger partial charge in [-0.15, -0.1) is 0 Å². The van der Waals surface area contributed by atoms with Crippen molar-refractivity contribution in [3.05, 3.63) is 83.4 Å². The van der Waals surface area contributed by atoms with Gasteiger partial charge in [-0.2, -0.15) is 0 Å². The molecule has 2 aliphatic heterocycles. The zero-order chi connectivity index (χ0) is 25.5. The minimum absolute atomic E-state index is 0.0138. The summed E-state index contributed by atoms with van der Waals surface area (Å²) in [6.45, 7) is 0.872. The van der Waals surface area contributed by atoms with Gasteiger partial charge in [-0.1, -0.05) is 17.9 Å². The van der Waals surface area contributed by atoms with E-state index in [0.717, 1.165) is 23.1 Å². The lowest BCUT2D eigenvalue weighted by Crippen LogP contribution is -2.48. The summed E-state index contributed by atoms with van der Waals surface area (Å²) in [5.74, 6) is 5.90. The highest BCUT2D eigenvalue weighted by molar-refractivity contribution is 5.95. The Balaban J connectivity index is 0.000000174. The van der Waals surface area contributed by atoms with Crippen molar-refractivity contribution in [1.29, 1.82) is 0 Å². The van der Waals surface area contributed by atoms with E-state index in [9.17, 15) is 14.7 Å². The highest BCUT2D eigenvalue weighted by Crippen LogP contribution is 2.31. The normalized spacial score (nSPS) is 15.5. The first-order valence-corrected chi connectivity index (χ1v) is 11.3. The van der Waals surface area contributed by atoms with Crippen LogP contribution in [0.4, 0.5) is 5.69 Å². The number of aromatic nitrogens is 2. The minimum atomic E-state index is -1.04. The number of amides is 2. The van der Waals surface area contributed by atoms with E-state index >= 15 is 0 Å². The monoisotopic (exact) mass is 486 g/mol. The predicted molar refractivity (Wildman–Crippen MR) is 132 cm³/mol. The summed E-state index contributed by atoms with van der Waals surface area (Å²) < 4.78 is 10.5. The number of fused-ring (bicyclic) bond motifs is 1. The molecule has 9 nitrogen and oxygen atoms in total. The van der Waals surface area contributed by atoms with Crippen LogP contribution in [0.15, 0.2) is 61.1 Å². The molecule has 9 heteroatoms. The maximum Gasteiger partial charge on any atom is 0.267 e. The zero-order valence-corrected chi connectivity index (χ0v) is 19.8. The van der Waals surface area contributed by atoms with Crippen LogP contribution in [0.2, 0.25) is 0 Å². The molecule has 2 amide bonds. The van der Waals surface area contributed by atoms with Crippen LogP contribution in [-0.2, 0) is 16.0 Å². The second-order valence-corrected chi connectivity index (χ2v) is 8.46. The lowest BCUT2D eigenvalue weighted by Gasteiger charge is -2.30. The van der Waals surface area contributed by atoms with Crippen molar-refractivity contribution in [2.45, 2.75) is 18.4 Å². The van der Waals surface area contributed by atoms with Gasteiger partial charge in [0.2, 0.25) is 5.91 Å². The first-order chi connectivity index (χ1) is 17.3. The van der Waals surface area contributed by atoms with E-state index in [2.05, 4.69) is 21.8 Å². The number of ether oxygens (including phenoxy) is 2. The van der Waals surface area contributed by atoms with Crippen molar-refractivity contribution in [2.24, 2.45) is 5.73 Å². The van der Waals surface area contributed by atoms with Gasteiger partial charge in [0.25, 0.3) is 5.91 Å². The lowest BCUT2D eigenvalue weighted by molar-refractivity contribution is -0.140. The lowest BCUT2D eigenvalue weighted by atomic mass is 10.0. The average molecular weight is 487 g/mol. The van der Waals surface area contributed by atoms with Crippen molar-refractivity contribution in [3.8, 4) is 17.6 Å². The SMILES string of the molecule is CN1C(=O)CCOc2ccc(C#CC3(O)COC3)cc21.NC(=O)c1cc(Cc2cccnc2)ccn1. The topological polar surface area (TPSA) is 128 Å². The molecule has 4 heterocycles. The molecule has 0 bridgehead atoms. The largest absolute Gasteiger partial charge is 0.491 e. The molecule has 0 spiro atoms. The fraction of sp³-hybridized carbons (Fsp3) is 0.259. The highest BCUT2D eigenvalue weighted by Gasteiger charge is 2.33. The molecule has 2 aliphatic rings. The fourth-order valence-corrected chi connectivity index (χ4v) is 3.54. The molecule has 2 aromatic heterocycles. The zero-order valence-electron chi connectivity index (χ0n) is 19.8. The van der Waals surface area contributed by atoms with Crippen LogP contribution in [-0.4, -0.2) is 59.4 Å². The van der Waals surface area contributed by atoms with Crippen molar-refractivity contribution in [1.82, 2.24) is 9.97 Å². The number of rotatable bonds is 3. The first kappa shape index (κ1) is 24.9. The highest BCUT2D eigenvalue weighted by atomic mass is 16.5. The van der Waals surface area contributed by atoms with Crippen LogP contribution < -0.4 is 15.4 Å². The van der Waals surface area contributed by atoms with E-state index < -0.39 is 11.5 Å². The Hall–Kier alpha value is -4.26. The maximum absolute atomic E-state index is 11.8. The quantitative estimate of drug-likeness (QED) is 0.540. The number of nitrogens with zero attached hydrogens (tertiary/aromatic N) is 3. The summed E-state index contributed by atoms with van der Waals surface area (Å²) in [5.41, 5.74) is 7.94. The predicted octanol–water partition coefficient (Wildman–Crippen LogP) is 1.71. The summed E-state index contributed by atoms with van der Waals surface area (Å²) in [6, 6.07) is 12.8. The number of aliphatic hydroxyl groups is 1. The third-order valence-electron chi connectivity index (χ3n) is 5.60. The van der Waals surface area contributed by atoms with Crippen LogP contribution >= 0.6 is 0 Å². The molecule has 1 aromatic carbocycles. The number of carbonyl (C=O) groups excluding carboxylic acids is 2. The van der Waals surface area contributed by atoms with Gasteiger partial charge in [0.1, 0.15) is 11.4 Å². The Morgan fingerprint density at radius 3 is 2.72 bits per heavy atom. The molecular weight excluding hydrogens is 460 g/mol. The van der Waals surface area contributed by atoms with Crippen molar-refractivity contribution in [3.63, 3.8) is 0 Å². The van der Waals surface area contributed by atoms with Gasteiger partial charge < -0.3 is 25.2 Å². The van der Waals surface area contributed by atoms with E-state index in [1.165, 1.54) is 0 Å². The summed E-state index contributed by atoms with van der Waals surface area (Å²) in [4.78, 5) is 32.3. The first-order valence-electron chi connectivity index (χ1n) is 11.3. The van der Waals surface area contributed by atoms with Crippen LogP contribution in [0.3, 0.4) is 0 Å². The van der Waals surface area contributed by atoms with Crippen molar-refractivity contribution in [2.75, 3.05) is 31.8 Å². The second-order valence-electron chi connectivity index (χ2n) is 8.46. The van der Waals surface area contributed by atoms with Gasteiger partial charge in [0.05, 0.1) is 31.9 Å². The van der Waals surface area contributed by atoms with Gasteiger partial charge in [-0.3, -0.25) is 19.6 Å². The van der Waals surface area contributed by atoms with Crippen LogP contribution in [0.5, 0.6) is 5.75 Å². The van der Waals surface area contributed by atoms with Crippen LogP contribution in [0.25, 0.3) is 0 Å². The number of anilines is 1. The third-order valence-corrected chi connectivity index (χ3v) is 5.60. The number of hydrogen-bond donors (Lipinski definition) is 2. The summed E-state index contributed by atoms with van der Waals surface area (Å²) in [7, 11) is 1.72. The summed E-state index contributed by atoms with van der Waals surface area (Å²) in [5, 5.41) is 9.86. The Kier molecular flexibility index (Phi) is 7.59. The van der Waals surface area contributed by atoms with E-state index in [1.807, 2.05) is 24.3 Å². The Morgan fingerprint density at radius 2 is 2.03 bits per heavy atom. The smallest absolute Gasteiger partial charge is 0.267 e. The molecule has 1 fully saturated rings. The second kappa shape index (κ2) is 11.0. The molecule has 36 heavy (non-hydrogen) atoms. The number of primary amides is 1. The molecule has 5 rings (SSSR count). The van der Waals surface area contributed by atoms with E-state index in [-0.39, 0.29) is 19.1 Å². The minimum Gasteiger partial charge on any atom is -0.491 e. The molecule has 0 unspecified atom stereocenters. The van der Waals surface area contributed by atoms with Crippen LogP contribution in [0, 0.1) is 11.8 Å². The third kappa shape index (κ3) is 6.24. The Morgan fingerprint density at radius 1 is 1.19 bits per heavy atom. The number of hydrogen-bond acceptors (Lipinski definition) is 7. The van der Waals surface area contributed by atoms with Crippen molar-refractivity contribution >= 4 is 17.5 Å². The molecule has 3 N–H and O–H groups in total. The molecule has 0 aliphatic carbocycles.